The first-order chi connectivity index (χ1) is 11.5. The number of nitrogens with one attached hydrogen (secondary N) is 1. The van der Waals surface area contributed by atoms with Gasteiger partial charge in [0.05, 0.1) is 17.0 Å². The monoisotopic (exact) mass is 350 g/mol. The van der Waals surface area contributed by atoms with Crippen LogP contribution < -0.4 is 5.32 Å². The normalized spacial score (nSPS) is 24.6. The Hall–Kier alpha value is -1.56. The van der Waals surface area contributed by atoms with Crippen LogP contribution in [-0.2, 0) is 15.4 Å². The second kappa shape index (κ2) is 6.75. The fraction of sp³-hybridized carbons (Fsp3) is 0.611. The maximum Gasteiger partial charge on any atom is 0.318 e. The maximum absolute atomic E-state index is 12.9. The molecule has 2 fully saturated rings. The number of rotatable bonds is 4. The van der Waals surface area contributed by atoms with Crippen LogP contribution in [0.1, 0.15) is 44.6 Å². The van der Waals surface area contributed by atoms with Crippen molar-refractivity contribution in [2.75, 3.05) is 18.1 Å². The number of nitrogens with zero attached hydrogens (tertiary/aromatic N) is 1. The van der Waals surface area contributed by atoms with E-state index in [0.717, 1.165) is 31.2 Å². The predicted octanol–water partition coefficient (Wildman–Crippen LogP) is 2.67. The third kappa shape index (κ3) is 3.43. The summed E-state index contributed by atoms with van der Waals surface area (Å²) in [6.07, 6.45) is 4.60. The zero-order valence-electron chi connectivity index (χ0n) is 14.2. The van der Waals surface area contributed by atoms with Crippen LogP contribution in [0.2, 0.25) is 0 Å². The molecule has 0 spiro atoms. The summed E-state index contributed by atoms with van der Waals surface area (Å²) in [5, 5.41) is 3.26. The summed E-state index contributed by atoms with van der Waals surface area (Å²) in [6.45, 7) is 2.44. The van der Waals surface area contributed by atoms with Crippen molar-refractivity contribution < 1.29 is 13.2 Å². The highest BCUT2D eigenvalue weighted by molar-refractivity contribution is 7.91. The molecule has 0 bridgehead atoms. The zero-order chi connectivity index (χ0) is 17.2. The number of amides is 2. The summed E-state index contributed by atoms with van der Waals surface area (Å²) in [5.41, 5.74) is 0.828. The molecule has 132 valence electrons. The maximum atomic E-state index is 12.9. The lowest BCUT2D eigenvalue weighted by molar-refractivity contribution is 0.169. The second-order valence-corrected chi connectivity index (χ2v) is 9.16. The van der Waals surface area contributed by atoms with Crippen molar-refractivity contribution in [1.29, 1.82) is 0 Å². The standard InChI is InChI=1S/C18H26N2O3S/c1-2-20(16-10-13-24(22,23)14-16)17(21)19-18(11-6-7-12-18)15-8-4-3-5-9-15/h3-5,8-9,16H,2,6-7,10-14H2,1H3,(H,19,21). The van der Waals surface area contributed by atoms with E-state index in [1.165, 1.54) is 0 Å². The molecule has 1 unspecified atom stereocenters. The first-order valence-corrected chi connectivity index (χ1v) is 10.6. The van der Waals surface area contributed by atoms with E-state index in [2.05, 4.69) is 17.4 Å². The van der Waals surface area contributed by atoms with Crippen molar-refractivity contribution in [3.63, 3.8) is 0 Å². The fourth-order valence-corrected chi connectivity index (χ4v) is 5.82. The highest BCUT2D eigenvalue weighted by atomic mass is 32.2. The van der Waals surface area contributed by atoms with Gasteiger partial charge in [0.15, 0.2) is 9.84 Å². The van der Waals surface area contributed by atoms with E-state index >= 15 is 0 Å². The second-order valence-electron chi connectivity index (χ2n) is 6.93. The molecule has 1 aromatic carbocycles. The SMILES string of the molecule is CCN(C(=O)NC1(c2ccccc2)CCCC1)C1CCS(=O)(=O)C1. The van der Waals surface area contributed by atoms with Crippen molar-refractivity contribution in [3.8, 4) is 0 Å². The Balaban J connectivity index is 1.78. The summed E-state index contributed by atoms with van der Waals surface area (Å²) >= 11 is 0. The summed E-state index contributed by atoms with van der Waals surface area (Å²) in [4.78, 5) is 14.6. The van der Waals surface area contributed by atoms with E-state index in [-0.39, 0.29) is 29.1 Å². The quantitative estimate of drug-likeness (QED) is 0.908. The smallest absolute Gasteiger partial charge is 0.318 e. The van der Waals surface area contributed by atoms with Gasteiger partial charge in [0.2, 0.25) is 0 Å². The van der Waals surface area contributed by atoms with Crippen molar-refractivity contribution in [1.82, 2.24) is 10.2 Å². The molecule has 2 aliphatic rings. The van der Waals surface area contributed by atoms with E-state index in [1.807, 2.05) is 25.1 Å². The molecule has 0 aromatic heterocycles. The van der Waals surface area contributed by atoms with Crippen molar-refractivity contribution >= 4 is 15.9 Å². The van der Waals surface area contributed by atoms with E-state index in [1.54, 1.807) is 4.90 Å². The number of benzene rings is 1. The molecule has 1 aliphatic heterocycles. The van der Waals surface area contributed by atoms with Crippen molar-refractivity contribution in [3.05, 3.63) is 35.9 Å². The van der Waals surface area contributed by atoms with Gasteiger partial charge in [-0.25, -0.2) is 13.2 Å². The highest BCUT2D eigenvalue weighted by Crippen LogP contribution is 2.39. The number of carbonyl (C=O) groups is 1. The molecule has 1 aromatic rings. The van der Waals surface area contributed by atoms with Crippen LogP contribution in [0.5, 0.6) is 0 Å². The Labute approximate surface area is 144 Å². The number of urea groups is 1. The molecule has 1 saturated heterocycles. The Morgan fingerprint density at radius 3 is 2.46 bits per heavy atom. The molecule has 0 radical (unpaired) electrons. The minimum absolute atomic E-state index is 0.0899. The molecular formula is C18H26N2O3S. The summed E-state index contributed by atoms with van der Waals surface area (Å²) in [7, 11) is -3.00. The van der Waals surface area contributed by atoms with Gasteiger partial charge in [-0.3, -0.25) is 0 Å². The van der Waals surface area contributed by atoms with Gasteiger partial charge in [-0.15, -0.1) is 0 Å². The largest absolute Gasteiger partial charge is 0.328 e. The van der Waals surface area contributed by atoms with Crippen LogP contribution in [0.15, 0.2) is 30.3 Å². The van der Waals surface area contributed by atoms with Gasteiger partial charge < -0.3 is 10.2 Å². The van der Waals surface area contributed by atoms with E-state index < -0.39 is 9.84 Å². The van der Waals surface area contributed by atoms with Gasteiger partial charge in [-0.05, 0) is 31.7 Å². The van der Waals surface area contributed by atoms with Crippen LogP contribution in [-0.4, -0.2) is 43.4 Å². The Bertz CT molecular complexity index is 681. The number of sulfone groups is 1. The van der Waals surface area contributed by atoms with Gasteiger partial charge in [-0.2, -0.15) is 0 Å². The van der Waals surface area contributed by atoms with Gasteiger partial charge in [0.1, 0.15) is 0 Å². The minimum Gasteiger partial charge on any atom is -0.328 e. The van der Waals surface area contributed by atoms with Gasteiger partial charge in [0, 0.05) is 12.6 Å². The number of hydrogen-bond donors (Lipinski definition) is 1. The van der Waals surface area contributed by atoms with E-state index in [4.69, 9.17) is 0 Å². The minimum atomic E-state index is -3.00. The van der Waals surface area contributed by atoms with Gasteiger partial charge >= 0.3 is 6.03 Å². The van der Waals surface area contributed by atoms with Crippen molar-refractivity contribution in [2.45, 2.75) is 50.6 Å². The van der Waals surface area contributed by atoms with Gasteiger partial charge in [-0.1, -0.05) is 43.2 Å². The molecule has 3 rings (SSSR count). The van der Waals surface area contributed by atoms with E-state index in [0.29, 0.717) is 13.0 Å². The molecule has 24 heavy (non-hydrogen) atoms. The lowest BCUT2D eigenvalue weighted by atomic mass is 9.88. The molecule has 1 atom stereocenters. The Morgan fingerprint density at radius 1 is 1.25 bits per heavy atom. The summed E-state index contributed by atoms with van der Waals surface area (Å²) < 4.78 is 23.5. The highest BCUT2D eigenvalue weighted by Gasteiger charge is 2.40. The van der Waals surface area contributed by atoms with Crippen LogP contribution in [0.4, 0.5) is 4.79 Å². The molecule has 5 nitrogen and oxygen atoms in total. The lowest BCUT2D eigenvalue weighted by Crippen LogP contribution is -2.53. The molecule has 1 saturated carbocycles. The summed E-state index contributed by atoms with van der Waals surface area (Å²) in [5.74, 6) is 0.276. The topological polar surface area (TPSA) is 66.5 Å². The Kier molecular flexibility index (Phi) is 4.85. The van der Waals surface area contributed by atoms with Crippen LogP contribution in [0.25, 0.3) is 0 Å². The third-order valence-electron chi connectivity index (χ3n) is 5.38. The molecular weight excluding hydrogens is 324 g/mol. The first-order valence-electron chi connectivity index (χ1n) is 8.80. The fourth-order valence-electron chi connectivity index (χ4n) is 4.09. The third-order valence-corrected chi connectivity index (χ3v) is 7.13. The van der Waals surface area contributed by atoms with E-state index in [9.17, 15) is 13.2 Å². The molecule has 1 heterocycles. The van der Waals surface area contributed by atoms with Crippen molar-refractivity contribution in [2.24, 2.45) is 0 Å². The predicted molar refractivity (Wildman–Crippen MR) is 94.6 cm³/mol. The zero-order valence-corrected chi connectivity index (χ0v) is 15.0. The molecule has 6 heteroatoms. The van der Waals surface area contributed by atoms with Crippen LogP contribution >= 0.6 is 0 Å². The summed E-state index contributed by atoms with van der Waals surface area (Å²) in [6, 6.07) is 9.80. The van der Waals surface area contributed by atoms with Gasteiger partial charge in [0.25, 0.3) is 0 Å². The molecule has 1 aliphatic carbocycles. The molecule has 1 N–H and O–H groups in total. The Morgan fingerprint density at radius 2 is 1.92 bits per heavy atom. The lowest BCUT2D eigenvalue weighted by Gasteiger charge is -2.35. The van der Waals surface area contributed by atoms with Crippen LogP contribution in [0.3, 0.4) is 0 Å². The number of hydrogen-bond acceptors (Lipinski definition) is 3. The average Bonchev–Trinajstić information content (AvgIpc) is 3.16. The number of carbonyl (C=O) groups excluding carboxylic acids is 1. The first kappa shape index (κ1) is 17.3. The average molecular weight is 350 g/mol. The van der Waals surface area contributed by atoms with Crippen LogP contribution in [0, 0.1) is 0 Å². The molecule has 2 amide bonds.